The van der Waals surface area contributed by atoms with Crippen molar-refractivity contribution in [1.82, 2.24) is 0 Å². The number of rotatable bonds is 3. The molecule has 0 spiro atoms. The first kappa shape index (κ1) is 10.7. The zero-order valence-corrected chi connectivity index (χ0v) is 9.58. The highest BCUT2D eigenvalue weighted by Crippen LogP contribution is 2.69. The van der Waals surface area contributed by atoms with E-state index in [-0.39, 0.29) is 10.8 Å². The zero-order chi connectivity index (χ0) is 11.3. The van der Waals surface area contributed by atoms with E-state index in [1.165, 1.54) is 0 Å². The maximum atomic E-state index is 11.3. The molecule has 2 aliphatic carbocycles. The van der Waals surface area contributed by atoms with Gasteiger partial charge in [-0.05, 0) is 30.6 Å². The summed E-state index contributed by atoms with van der Waals surface area (Å²) in [6.45, 7) is 6.88. The Morgan fingerprint density at radius 2 is 1.93 bits per heavy atom. The van der Waals surface area contributed by atoms with Crippen LogP contribution < -0.4 is 0 Å². The van der Waals surface area contributed by atoms with Crippen molar-refractivity contribution in [2.24, 2.45) is 16.7 Å². The summed E-state index contributed by atoms with van der Waals surface area (Å²) in [5.41, 5.74) is -0.995. The van der Waals surface area contributed by atoms with Gasteiger partial charge in [0.1, 0.15) is 0 Å². The first-order chi connectivity index (χ1) is 6.93. The molecule has 3 nitrogen and oxygen atoms in total. The molecule has 0 N–H and O–H groups in total. The molecule has 3 heteroatoms. The molecule has 15 heavy (non-hydrogen) atoms. The fourth-order valence-corrected chi connectivity index (χ4v) is 3.77. The number of hydrogen-bond donors (Lipinski definition) is 0. The van der Waals surface area contributed by atoms with Gasteiger partial charge in [-0.25, -0.2) is 0 Å². The van der Waals surface area contributed by atoms with E-state index in [1.807, 2.05) is 0 Å². The maximum Gasteiger partial charge on any atom is 0.294 e. The van der Waals surface area contributed by atoms with Crippen molar-refractivity contribution in [1.29, 1.82) is 0 Å². The van der Waals surface area contributed by atoms with E-state index in [4.69, 9.17) is 4.74 Å². The molecule has 0 saturated heterocycles. The van der Waals surface area contributed by atoms with Gasteiger partial charge in [-0.3, -0.25) is 9.59 Å². The molecular weight excluding hydrogens is 192 g/mol. The number of fused-ring (bicyclic) bond motifs is 2. The van der Waals surface area contributed by atoms with Crippen LogP contribution in [-0.4, -0.2) is 18.4 Å². The number of carbonyl (C=O) groups is 2. The van der Waals surface area contributed by atoms with Gasteiger partial charge < -0.3 is 4.74 Å². The standard InChI is InChI=1S/C12H18O3/c1-10(2)9-4-5-11(10,3)12(6-9,7-13)15-8-14/h7-9H,4-6H2,1-3H3. The summed E-state index contributed by atoms with van der Waals surface area (Å²) in [5.74, 6) is 0.493. The Kier molecular flexibility index (Phi) is 2.01. The van der Waals surface area contributed by atoms with Crippen molar-refractivity contribution < 1.29 is 14.3 Å². The molecule has 0 aromatic heterocycles. The van der Waals surface area contributed by atoms with Crippen LogP contribution in [0.15, 0.2) is 0 Å². The van der Waals surface area contributed by atoms with Gasteiger partial charge in [-0.2, -0.15) is 0 Å². The third-order valence-corrected chi connectivity index (χ3v) is 5.37. The topological polar surface area (TPSA) is 43.4 Å². The van der Waals surface area contributed by atoms with E-state index in [2.05, 4.69) is 20.8 Å². The minimum Gasteiger partial charge on any atom is -0.453 e. The number of ether oxygens (including phenoxy) is 1. The summed E-state index contributed by atoms with van der Waals surface area (Å²) in [6.07, 6.45) is 3.65. The second-order valence-corrected chi connectivity index (χ2v) is 5.71. The lowest BCUT2D eigenvalue weighted by Gasteiger charge is -2.43. The summed E-state index contributed by atoms with van der Waals surface area (Å²) in [6, 6.07) is 0. The second-order valence-electron chi connectivity index (χ2n) is 5.71. The maximum absolute atomic E-state index is 11.3. The van der Waals surface area contributed by atoms with E-state index in [9.17, 15) is 9.59 Å². The molecule has 0 radical (unpaired) electrons. The van der Waals surface area contributed by atoms with Crippen LogP contribution in [0, 0.1) is 16.7 Å². The van der Waals surface area contributed by atoms with Crippen molar-refractivity contribution in [3.05, 3.63) is 0 Å². The summed E-state index contributed by atoms with van der Waals surface area (Å²) in [7, 11) is 0. The van der Waals surface area contributed by atoms with Gasteiger partial charge in [0.2, 0.25) is 0 Å². The normalized spacial score (nSPS) is 46.5. The third-order valence-electron chi connectivity index (χ3n) is 5.37. The van der Waals surface area contributed by atoms with Crippen LogP contribution in [-0.2, 0) is 14.3 Å². The first-order valence-electron chi connectivity index (χ1n) is 5.51. The molecule has 2 saturated carbocycles. The summed E-state index contributed by atoms with van der Waals surface area (Å²) in [4.78, 5) is 21.9. The lowest BCUT2D eigenvalue weighted by molar-refractivity contribution is -0.167. The van der Waals surface area contributed by atoms with E-state index in [0.717, 1.165) is 19.1 Å². The van der Waals surface area contributed by atoms with E-state index >= 15 is 0 Å². The number of carbonyl (C=O) groups excluding carboxylic acids is 2. The molecule has 2 rings (SSSR count). The molecular formula is C12H18O3. The van der Waals surface area contributed by atoms with E-state index in [0.29, 0.717) is 18.8 Å². The summed E-state index contributed by atoms with van der Waals surface area (Å²) < 4.78 is 5.16. The van der Waals surface area contributed by atoms with E-state index in [1.54, 1.807) is 0 Å². The predicted molar refractivity (Wildman–Crippen MR) is 55.2 cm³/mol. The molecule has 0 aliphatic heterocycles. The Morgan fingerprint density at radius 1 is 1.27 bits per heavy atom. The monoisotopic (exact) mass is 210 g/mol. The fraction of sp³-hybridized carbons (Fsp3) is 0.833. The molecule has 84 valence electrons. The van der Waals surface area contributed by atoms with Crippen LogP contribution in [0.2, 0.25) is 0 Å². The van der Waals surface area contributed by atoms with Gasteiger partial charge in [-0.1, -0.05) is 20.8 Å². The van der Waals surface area contributed by atoms with Gasteiger partial charge >= 0.3 is 0 Å². The average molecular weight is 210 g/mol. The minimum absolute atomic E-state index is 0.0803. The molecule has 0 amide bonds. The number of hydrogen-bond acceptors (Lipinski definition) is 3. The molecule has 2 aliphatic rings. The van der Waals surface area contributed by atoms with Gasteiger partial charge in [0.25, 0.3) is 6.47 Å². The second kappa shape index (κ2) is 2.83. The largest absolute Gasteiger partial charge is 0.453 e. The Bertz CT molecular complexity index is 310. The molecule has 3 atom stereocenters. The van der Waals surface area contributed by atoms with Gasteiger partial charge in [0.15, 0.2) is 11.9 Å². The lowest BCUT2D eigenvalue weighted by Crippen LogP contribution is -2.50. The van der Waals surface area contributed by atoms with Crippen LogP contribution in [0.5, 0.6) is 0 Å². The third kappa shape index (κ3) is 0.963. The fourth-order valence-electron chi connectivity index (χ4n) is 3.77. The van der Waals surface area contributed by atoms with E-state index < -0.39 is 5.60 Å². The molecule has 2 bridgehead atoms. The molecule has 0 aromatic rings. The Labute approximate surface area is 90.2 Å². The van der Waals surface area contributed by atoms with Crippen LogP contribution in [0.1, 0.15) is 40.0 Å². The van der Waals surface area contributed by atoms with Crippen molar-refractivity contribution in [2.75, 3.05) is 0 Å². The van der Waals surface area contributed by atoms with Crippen LogP contribution in [0.3, 0.4) is 0 Å². The zero-order valence-electron chi connectivity index (χ0n) is 9.58. The Morgan fingerprint density at radius 3 is 2.27 bits per heavy atom. The predicted octanol–water partition coefficient (Wildman–Crippen LogP) is 1.94. The quantitative estimate of drug-likeness (QED) is 0.669. The molecule has 0 aromatic carbocycles. The summed E-state index contributed by atoms with van der Waals surface area (Å²) >= 11 is 0. The Balaban J connectivity index is 2.47. The molecule has 2 fully saturated rings. The van der Waals surface area contributed by atoms with Crippen LogP contribution in [0.25, 0.3) is 0 Å². The highest BCUT2D eigenvalue weighted by molar-refractivity contribution is 5.69. The van der Waals surface area contributed by atoms with Crippen molar-refractivity contribution in [2.45, 2.75) is 45.6 Å². The minimum atomic E-state index is -0.874. The molecule has 3 unspecified atom stereocenters. The average Bonchev–Trinajstić information content (AvgIpc) is 2.50. The van der Waals surface area contributed by atoms with Crippen molar-refractivity contribution in [3.8, 4) is 0 Å². The first-order valence-corrected chi connectivity index (χ1v) is 5.51. The number of aldehydes is 1. The summed E-state index contributed by atoms with van der Waals surface area (Å²) in [5, 5.41) is 0. The SMILES string of the molecule is CC1(C)C2CCC1(C)C(C=O)(OC=O)C2. The van der Waals surface area contributed by atoms with Gasteiger partial charge in [0.05, 0.1) is 0 Å². The Hall–Kier alpha value is -0.860. The van der Waals surface area contributed by atoms with Crippen LogP contribution in [0.4, 0.5) is 0 Å². The lowest BCUT2D eigenvalue weighted by atomic mass is 9.65. The van der Waals surface area contributed by atoms with Gasteiger partial charge in [0, 0.05) is 5.41 Å². The van der Waals surface area contributed by atoms with Crippen molar-refractivity contribution >= 4 is 12.8 Å². The molecule has 0 heterocycles. The highest BCUT2D eigenvalue weighted by atomic mass is 16.5. The van der Waals surface area contributed by atoms with Gasteiger partial charge in [-0.15, -0.1) is 0 Å². The van der Waals surface area contributed by atoms with Crippen molar-refractivity contribution in [3.63, 3.8) is 0 Å². The smallest absolute Gasteiger partial charge is 0.294 e. The highest BCUT2D eigenvalue weighted by Gasteiger charge is 2.70. The van der Waals surface area contributed by atoms with Crippen LogP contribution >= 0.6 is 0 Å².